The second-order valence-electron chi connectivity index (χ2n) is 18.1. The molecule has 6 unspecified atom stereocenters. The summed E-state index contributed by atoms with van der Waals surface area (Å²) < 4.78 is 20.3. The first kappa shape index (κ1) is 59.4. The highest BCUT2D eigenvalue weighted by atomic mass is 16.6. The molecule has 3 rings (SSSR count). The summed E-state index contributed by atoms with van der Waals surface area (Å²) in [6, 6.07) is 0. The summed E-state index contributed by atoms with van der Waals surface area (Å²) >= 11 is 0. The molecule has 0 aromatic carbocycles. The molecule has 380 valence electrons. The maximum absolute atomic E-state index is 13.3. The predicted octanol–water partition coefficient (Wildman–Crippen LogP) is 7.25. The number of rotatable bonds is 19. The molecule has 16 nitrogen and oxygen atoms in total. The Morgan fingerprint density at radius 3 is 1.47 bits per heavy atom. The van der Waals surface area contributed by atoms with Gasteiger partial charge in [0.05, 0.1) is 0 Å². The standard InChI is InChI=1S/C53H64O15.CH4O/c1-30(18-14-20-32(3)22-24-37-34(5)42(56)40(27-52(37,7)8)66-49(62)44(58)39(65-11)26-36(55)29-54)16-12-13-17-31(2)19-15-21-33(4)23-25-38-35(6)43(57)41(28-53(38,9)10)67-51(64)47(61)48-45(59)46(60)50(63)68-48;1-2/h12-26,29,39-41,44,47-48,55,58-61H,27-28H2,1-11H3;2H,1H3/b13-12+,18-14+,19-15+,24-22+,25-23+,30-16+,31-17+,32-20+,33-21+,36-26+;. The molecule has 70 heavy (non-hydrogen) atoms. The average molecular weight is 973 g/mol. The fraction of sp³-hybridized carbons (Fsp3) is 0.407. The van der Waals surface area contributed by atoms with Gasteiger partial charge in [-0.15, -0.1) is 0 Å². The lowest BCUT2D eigenvalue weighted by Crippen LogP contribution is -2.44. The Hall–Kier alpha value is -6.72. The zero-order valence-electron chi connectivity index (χ0n) is 41.9. The minimum atomic E-state index is -2.15. The molecular formula is C54H68O16. The molecule has 0 spiro atoms. The largest absolute Gasteiger partial charge is 0.505 e. The van der Waals surface area contributed by atoms with Crippen molar-refractivity contribution < 1.29 is 78.4 Å². The summed E-state index contributed by atoms with van der Waals surface area (Å²) in [4.78, 5) is 74.1. The normalized spacial score (nSPS) is 23.2. The van der Waals surface area contributed by atoms with E-state index in [0.717, 1.165) is 46.6 Å². The van der Waals surface area contributed by atoms with Gasteiger partial charge in [0.1, 0.15) is 6.10 Å². The molecule has 0 fully saturated rings. The number of aldehydes is 1. The van der Waals surface area contributed by atoms with E-state index in [4.69, 9.17) is 19.3 Å². The van der Waals surface area contributed by atoms with Crippen LogP contribution in [0.15, 0.2) is 153 Å². The lowest BCUT2D eigenvalue weighted by molar-refractivity contribution is -0.172. The minimum absolute atomic E-state index is 0.111. The van der Waals surface area contributed by atoms with E-state index in [-0.39, 0.29) is 19.1 Å². The van der Waals surface area contributed by atoms with Gasteiger partial charge in [0.25, 0.3) is 0 Å². The molecule has 0 aromatic heterocycles. The van der Waals surface area contributed by atoms with E-state index in [1.165, 1.54) is 7.11 Å². The summed E-state index contributed by atoms with van der Waals surface area (Å²) in [5.74, 6) is -7.37. The highest BCUT2D eigenvalue weighted by molar-refractivity contribution is 6.02. The third kappa shape index (κ3) is 16.5. The number of cyclic esters (lactones) is 1. The van der Waals surface area contributed by atoms with Crippen LogP contribution in [0.2, 0.25) is 0 Å². The number of methoxy groups -OCH3 is 1. The Bertz CT molecular complexity index is 2420. The van der Waals surface area contributed by atoms with Gasteiger partial charge in [0, 0.05) is 27.1 Å². The van der Waals surface area contributed by atoms with Crippen molar-refractivity contribution in [2.75, 3.05) is 14.2 Å². The van der Waals surface area contributed by atoms with Crippen LogP contribution >= 0.6 is 0 Å². The van der Waals surface area contributed by atoms with Crippen LogP contribution in [0.25, 0.3) is 0 Å². The Morgan fingerprint density at radius 1 is 0.686 bits per heavy atom. The molecule has 0 saturated heterocycles. The molecule has 1 aliphatic heterocycles. The first-order valence-corrected chi connectivity index (χ1v) is 22.3. The van der Waals surface area contributed by atoms with Crippen molar-refractivity contribution >= 4 is 35.8 Å². The SMILES string of the molecule is CO.COC(/C=C(/O)C=O)C(O)C(=O)OC1CC(C)(C)C(/C=C/C(C)=C/C=C/C(C)=C/C=C/C=C(C)/C=C/C=C(C)/C=C/C2=C(C)C(=O)C(OC(=O)C(O)C3OC(=O)C(O)=C3O)CC2(C)C)=C(C)C1=O. The zero-order chi connectivity index (χ0) is 53.3. The highest BCUT2D eigenvalue weighted by Gasteiger charge is 2.46. The van der Waals surface area contributed by atoms with Crippen LogP contribution in [0.4, 0.5) is 0 Å². The molecular weight excluding hydrogens is 905 g/mol. The molecule has 0 radical (unpaired) electrons. The maximum Gasteiger partial charge on any atom is 0.378 e. The lowest BCUT2D eigenvalue weighted by Gasteiger charge is -2.36. The van der Waals surface area contributed by atoms with Gasteiger partial charge in [0.2, 0.25) is 5.76 Å². The lowest BCUT2D eigenvalue weighted by atomic mass is 9.71. The van der Waals surface area contributed by atoms with Crippen molar-refractivity contribution in [2.24, 2.45) is 10.8 Å². The van der Waals surface area contributed by atoms with Gasteiger partial charge < -0.3 is 49.6 Å². The number of carbonyl (C=O) groups excluding carboxylic acids is 6. The molecule has 1 heterocycles. The van der Waals surface area contributed by atoms with E-state index in [2.05, 4.69) is 4.74 Å². The molecule has 6 N–H and O–H groups in total. The van der Waals surface area contributed by atoms with Gasteiger partial charge in [-0.25, -0.2) is 14.4 Å². The number of aliphatic hydroxyl groups is 6. The zero-order valence-corrected chi connectivity index (χ0v) is 41.9. The third-order valence-corrected chi connectivity index (χ3v) is 11.5. The van der Waals surface area contributed by atoms with Crippen LogP contribution in [-0.4, -0.2) is 117 Å². The van der Waals surface area contributed by atoms with Crippen LogP contribution < -0.4 is 0 Å². The van der Waals surface area contributed by atoms with Crippen molar-refractivity contribution in [3.63, 3.8) is 0 Å². The number of Topliss-reactive ketones (excluding diaryl/α,β-unsaturated/α-hetero) is 2. The predicted molar refractivity (Wildman–Crippen MR) is 263 cm³/mol. The summed E-state index contributed by atoms with van der Waals surface area (Å²) in [6.07, 6.45) is 18.7. The molecule has 2 aliphatic carbocycles. The minimum Gasteiger partial charge on any atom is -0.505 e. The van der Waals surface area contributed by atoms with Crippen molar-refractivity contribution in [2.45, 2.75) is 119 Å². The van der Waals surface area contributed by atoms with E-state index in [1.807, 2.05) is 140 Å². The van der Waals surface area contributed by atoms with E-state index in [0.29, 0.717) is 11.1 Å². The van der Waals surface area contributed by atoms with Gasteiger partial charge in [-0.2, -0.15) is 0 Å². The van der Waals surface area contributed by atoms with Gasteiger partial charge in [0.15, 0.2) is 59.9 Å². The number of allylic oxidation sites excluding steroid dienone is 21. The summed E-state index contributed by atoms with van der Waals surface area (Å²) in [5, 5.41) is 56.5. The molecule has 6 atom stereocenters. The first-order valence-electron chi connectivity index (χ1n) is 22.3. The van der Waals surface area contributed by atoms with E-state index in [9.17, 15) is 54.3 Å². The Kier molecular flexibility index (Phi) is 22.8. The van der Waals surface area contributed by atoms with Crippen molar-refractivity contribution in [1.29, 1.82) is 0 Å². The third-order valence-electron chi connectivity index (χ3n) is 11.5. The van der Waals surface area contributed by atoms with E-state index >= 15 is 0 Å². The Balaban J connectivity index is 0.00000829. The van der Waals surface area contributed by atoms with Crippen LogP contribution in [0.3, 0.4) is 0 Å². The molecule has 16 heteroatoms. The number of aliphatic hydroxyl groups excluding tert-OH is 6. The molecule has 0 saturated carbocycles. The summed E-state index contributed by atoms with van der Waals surface area (Å²) in [7, 11) is 2.18. The summed E-state index contributed by atoms with van der Waals surface area (Å²) in [5.41, 5.74) is 5.04. The molecule has 0 bridgehead atoms. The van der Waals surface area contributed by atoms with Gasteiger partial charge >= 0.3 is 17.9 Å². The monoisotopic (exact) mass is 972 g/mol. The van der Waals surface area contributed by atoms with Gasteiger partial charge in [-0.1, -0.05) is 135 Å². The van der Waals surface area contributed by atoms with Crippen LogP contribution in [-0.2, 0) is 47.7 Å². The Morgan fingerprint density at radius 2 is 1.09 bits per heavy atom. The van der Waals surface area contributed by atoms with E-state index in [1.54, 1.807) is 13.8 Å². The van der Waals surface area contributed by atoms with Crippen molar-refractivity contribution in [3.05, 3.63) is 153 Å². The fourth-order valence-electron chi connectivity index (χ4n) is 7.61. The van der Waals surface area contributed by atoms with Crippen LogP contribution in [0.5, 0.6) is 0 Å². The quantitative estimate of drug-likeness (QED) is 0.0186. The first-order chi connectivity index (χ1) is 32.8. The number of ether oxygens (including phenoxy) is 4. The molecule has 0 amide bonds. The topological polar surface area (TPSA) is 261 Å². The average Bonchev–Trinajstić information content (AvgIpc) is 3.56. The highest BCUT2D eigenvalue weighted by Crippen LogP contribution is 2.42. The van der Waals surface area contributed by atoms with Crippen LogP contribution in [0.1, 0.15) is 82.1 Å². The molecule has 3 aliphatic rings. The second kappa shape index (κ2) is 26.9. The van der Waals surface area contributed by atoms with Crippen molar-refractivity contribution in [1.82, 2.24) is 0 Å². The maximum atomic E-state index is 13.3. The van der Waals surface area contributed by atoms with E-state index < -0.39 is 94.2 Å². The number of esters is 3. The molecule has 0 aromatic rings. The second-order valence-corrected chi connectivity index (χ2v) is 18.1. The van der Waals surface area contributed by atoms with Crippen molar-refractivity contribution in [3.8, 4) is 0 Å². The Labute approximate surface area is 409 Å². The number of hydrogen-bond donors (Lipinski definition) is 6. The fourth-order valence-corrected chi connectivity index (χ4v) is 7.61. The summed E-state index contributed by atoms with van der Waals surface area (Å²) in [6.45, 7) is 18.7. The van der Waals surface area contributed by atoms with Gasteiger partial charge in [-0.3, -0.25) is 14.4 Å². The number of carbonyl (C=O) groups is 6. The number of ketones is 2. The number of hydrogen-bond acceptors (Lipinski definition) is 16. The van der Waals surface area contributed by atoms with Crippen LogP contribution in [0, 0.1) is 10.8 Å². The smallest absolute Gasteiger partial charge is 0.378 e. The van der Waals surface area contributed by atoms with Gasteiger partial charge in [-0.05, 0) is 80.7 Å².